The molecule has 0 aliphatic carbocycles. The Morgan fingerprint density at radius 1 is 1.18 bits per heavy atom. The fourth-order valence-corrected chi connectivity index (χ4v) is 1.31. The molecule has 92 valence electrons. The molecule has 17 heavy (non-hydrogen) atoms. The van der Waals surface area contributed by atoms with Gasteiger partial charge in [0.25, 0.3) is 0 Å². The molecule has 4 nitrogen and oxygen atoms in total. The molecule has 0 aliphatic heterocycles. The van der Waals surface area contributed by atoms with E-state index in [0.717, 1.165) is 0 Å². The molecule has 1 unspecified atom stereocenters. The highest BCUT2D eigenvalue weighted by Crippen LogP contribution is 2.19. The number of hydrogen-bond acceptors (Lipinski definition) is 4. The summed E-state index contributed by atoms with van der Waals surface area (Å²) in [6.45, 7) is 3.64. The van der Waals surface area contributed by atoms with Crippen LogP contribution >= 0.6 is 0 Å². The first kappa shape index (κ1) is 13.2. The smallest absolute Gasteiger partial charge is 0.352 e. The zero-order valence-corrected chi connectivity index (χ0v) is 10.0. The molecular weight excluding hydrogens is 220 g/mol. The average molecular weight is 236 g/mol. The lowest BCUT2D eigenvalue weighted by Crippen LogP contribution is -2.21. The topological polar surface area (TPSA) is 52.6 Å². The van der Waals surface area contributed by atoms with E-state index in [1.54, 1.807) is 38.1 Å². The van der Waals surface area contributed by atoms with Crippen LogP contribution in [-0.2, 0) is 19.1 Å². The summed E-state index contributed by atoms with van der Waals surface area (Å²) >= 11 is 0. The van der Waals surface area contributed by atoms with Gasteiger partial charge in [-0.25, -0.2) is 4.79 Å². The highest BCUT2D eigenvalue weighted by Gasteiger charge is 2.25. The third-order valence-corrected chi connectivity index (χ3v) is 2.14. The highest BCUT2D eigenvalue weighted by atomic mass is 16.6. The van der Waals surface area contributed by atoms with Crippen molar-refractivity contribution in [1.82, 2.24) is 0 Å². The van der Waals surface area contributed by atoms with Crippen LogP contribution in [0.15, 0.2) is 30.3 Å². The fourth-order valence-electron chi connectivity index (χ4n) is 1.31. The number of carbonyl (C=O) groups is 2. The molecule has 0 bridgehead atoms. The van der Waals surface area contributed by atoms with Gasteiger partial charge in [0.05, 0.1) is 6.61 Å². The van der Waals surface area contributed by atoms with Gasteiger partial charge in [0.2, 0.25) is 6.10 Å². The maximum absolute atomic E-state index is 11.7. The number of hydrogen-bond donors (Lipinski definition) is 0. The molecule has 1 aromatic rings. The Morgan fingerprint density at radius 3 is 2.35 bits per heavy atom. The molecule has 0 saturated heterocycles. The molecule has 0 saturated carbocycles. The summed E-state index contributed by atoms with van der Waals surface area (Å²) in [6, 6.07) is 8.84. The Hall–Kier alpha value is -1.84. The quantitative estimate of drug-likeness (QED) is 0.736. The van der Waals surface area contributed by atoms with Gasteiger partial charge >= 0.3 is 11.9 Å². The van der Waals surface area contributed by atoms with Crippen LogP contribution in [0.25, 0.3) is 0 Å². The van der Waals surface area contributed by atoms with Crippen LogP contribution < -0.4 is 0 Å². The first-order chi connectivity index (χ1) is 8.19. The summed E-state index contributed by atoms with van der Waals surface area (Å²) in [5.74, 6) is -0.965. The summed E-state index contributed by atoms with van der Waals surface area (Å²) in [4.78, 5) is 23.0. The van der Waals surface area contributed by atoms with Gasteiger partial charge in [-0.1, -0.05) is 37.3 Å². The van der Waals surface area contributed by atoms with E-state index in [4.69, 9.17) is 9.47 Å². The van der Waals surface area contributed by atoms with Crippen LogP contribution in [0.3, 0.4) is 0 Å². The molecule has 4 heteroatoms. The van der Waals surface area contributed by atoms with E-state index >= 15 is 0 Å². The molecule has 0 N–H and O–H groups in total. The summed E-state index contributed by atoms with van der Waals surface area (Å²) in [7, 11) is 0. The van der Waals surface area contributed by atoms with E-state index in [9.17, 15) is 9.59 Å². The van der Waals surface area contributed by atoms with Gasteiger partial charge in [-0.15, -0.1) is 0 Å². The van der Waals surface area contributed by atoms with Crippen molar-refractivity contribution in [2.45, 2.75) is 26.4 Å². The Balaban J connectivity index is 2.86. The Labute approximate surface area is 101 Å². The largest absolute Gasteiger partial charge is 0.463 e. The predicted octanol–water partition coefficient (Wildman–Crippen LogP) is 2.24. The average Bonchev–Trinajstić information content (AvgIpc) is 2.36. The van der Waals surface area contributed by atoms with Crippen molar-refractivity contribution in [2.75, 3.05) is 6.61 Å². The number of esters is 2. The number of ether oxygens (including phenoxy) is 2. The third kappa shape index (κ3) is 3.90. The highest BCUT2D eigenvalue weighted by molar-refractivity contribution is 5.80. The minimum atomic E-state index is -0.969. The van der Waals surface area contributed by atoms with Gasteiger partial charge in [0, 0.05) is 12.0 Å². The maximum atomic E-state index is 11.7. The van der Waals surface area contributed by atoms with Crippen molar-refractivity contribution < 1.29 is 19.1 Å². The molecule has 1 atom stereocenters. The fraction of sp³-hybridized carbons (Fsp3) is 0.385. The minimum Gasteiger partial charge on any atom is -0.463 e. The zero-order valence-electron chi connectivity index (χ0n) is 10.0. The standard InChI is InChI=1S/C13H16O4/c1-3-11(14)17-12(13(15)16-4-2)10-8-6-5-7-9-10/h5-9,12H,3-4H2,1-2H3. The molecule has 0 fully saturated rings. The number of carbonyl (C=O) groups excluding carboxylic acids is 2. The summed E-state index contributed by atoms with van der Waals surface area (Å²) in [6.07, 6.45) is -0.744. The lowest BCUT2D eigenvalue weighted by Gasteiger charge is -2.16. The molecule has 1 aromatic carbocycles. The van der Waals surface area contributed by atoms with Gasteiger partial charge < -0.3 is 9.47 Å². The molecular formula is C13H16O4. The molecule has 0 amide bonds. The maximum Gasteiger partial charge on any atom is 0.352 e. The second-order valence-corrected chi connectivity index (χ2v) is 3.39. The van der Waals surface area contributed by atoms with Crippen LogP contribution in [-0.4, -0.2) is 18.5 Å². The lowest BCUT2D eigenvalue weighted by molar-refractivity contribution is -0.168. The molecule has 0 radical (unpaired) electrons. The monoisotopic (exact) mass is 236 g/mol. The van der Waals surface area contributed by atoms with E-state index < -0.39 is 18.0 Å². The van der Waals surface area contributed by atoms with E-state index in [1.165, 1.54) is 0 Å². The van der Waals surface area contributed by atoms with Crippen molar-refractivity contribution in [3.63, 3.8) is 0 Å². The predicted molar refractivity (Wildman–Crippen MR) is 62.2 cm³/mol. The van der Waals surface area contributed by atoms with Crippen molar-refractivity contribution >= 4 is 11.9 Å². The van der Waals surface area contributed by atoms with Gasteiger partial charge in [-0.3, -0.25) is 4.79 Å². The Bertz CT molecular complexity index is 372. The first-order valence-electron chi connectivity index (χ1n) is 5.60. The minimum absolute atomic E-state index is 0.225. The zero-order chi connectivity index (χ0) is 12.7. The number of rotatable bonds is 5. The number of benzene rings is 1. The SMILES string of the molecule is CCOC(=O)C(OC(=O)CC)c1ccccc1. The van der Waals surface area contributed by atoms with E-state index in [-0.39, 0.29) is 13.0 Å². The molecule has 1 rings (SSSR count). The van der Waals surface area contributed by atoms with Crippen LogP contribution in [0.5, 0.6) is 0 Å². The van der Waals surface area contributed by atoms with Crippen LogP contribution in [0.2, 0.25) is 0 Å². The lowest BCUT2D eigenvalue weighted by atomic mass is 10.1. The van der Waals surface area contributed by atoms with Crippen molar-refractivity contribution in [3.8, 4) is 0 Å². The van der Waals surface area contributed by atoms with E-state index in [0.29, 0.717) is 5.56 Å². The first-order valence-corrected chi connectivity index (χ1v) is 5.60. The molecule has 0 aromatic heterocycles. The van der Waals surface area contributed by atoms with Crippen LogP contribution in [0.1, 0.15) is 31.9 Å². The molecule has 0 aliphatic rings. The van der Waals surface area contributed by atoms with Crippen molar-refractivity contribution in [3.05, 3.63) is 35.9 Å². The normalized spacial score (nSPS) is 11.6. The van der Waals surface area contributed by atoms with Gasteiger partial charge in [-0.05, 0) is 6.92 Å². The van der Waals surface area contributed by atoms with Crippen molar-refractivity contribution in [2.24, 2.45) is 0 Å². The van der Waals surface area contributed by atoms with E-state index in [2.05, 4.69) is 0 Å². The van der Waals surface area contributed by atoms with Gasteiger partial charge in [-0.2, -0.15) is 0 Å². The Kier molecular flexibility index (Phi) is 5.20. The molecule has 0 heterocycles. The van der Waals surface area contributed by atoms with Gasteiger partial charge in [0.15, 0.2) is 0 Å². The Morgan fingerprint density at radius 2 is 1.82 bits per heavy atom. The van der Waals surface area contributed by atoms with E-state index in [1.807, 2.05) is 6.07 Å². The van der Waals surface area contributed by atoms with Gasteiger partial charge in [0.1, 0.15) is 0 Å². The summed E-state index contributed by atoms with van der Waals surface area (Å²) in [5, 5.41) is 0. The van der Waals surface area contributed by atoms with Crippen LogP contribution in [0.4, 0.5) is 0 Å². The molecule has 0 spiro atoms. The second-order valence-electron chi connectivity index (χ2n) is 3.39. The second kappa shape index (κ2) is 6.68. The third-order valence-electron chi connectivity index (χ3n) is 2.14. The summed E-state index contributed by atoms with van der Waals surface area (Å²) in [5.41, 5.74) is 0.618. The summed E-state index contributed by atoms with van der Waals surface area (Å²) < 4.78 is 9.97. The van der Waals surface area contributed by atoms with Crippen molar-refractivity contribution in [1.29, 1.82) is 0 Å². The van der Waals surface area contributed by atoms with Crippen LogP contribution in [0, 0.1) is 0 Å².